The second kappa shape index (κ2) is 8.65. The SMILES string of the molecule is CN(C)Cc1nnc(CN(C)C)n1-c1ccc(Cl)cc1C(=O)c1ccccc1. The van der Waals surface area contributed by atoms with Gasteiger partial charge in [-0.1, -0.05) is 41.9 Å². The summed E-state index contributed by atoms with van der Waals surface area (Å²) >= 11 is 6.25. The van der Waals surface area contributed by atoms with Gasteiger partial charge in [0.25, 0.3) is 0 Å². The average Bonchev–Trinajstić information content (AvgIpc) is 3.02. The molecule has 146 valence electrons. The van der Waals surface area contributed by atoms with Crippen LogP contribution in [0.3, 0.4) is 0 Å². The maximum absolute atomic E-state index is 13.2. The summed E-state index contributed by atoms with van der Waals surface area (Å²) in [5, 5.41) is 9.28. The highest BCUT2D eigenvalue weighted by atomic mass is 35.5. The predicted molar refractivity (Wildman–Crippen MR) is 111 cm³/mol. The molecule has 0 atom stereocenters. The number of carbonyl (C=O) groups is 1. The molecule has 0 N–H and O–H groups in total. The van der Waals surface area contributed by atoms with Gasteiger partial charge < -0.3 is 9.80 Å². The summed E-state index contributed by atoms with van der Waals surface area (Å²) in [6, 6.07) is 14.6. The average molecular weight is 398 g/mol. The van der Waals surface area contributed by atoms with Crippen LogP contribution in [0.1, 0.15) is 27.6 Å². The molecule has 7 heteroatoms. The Labute approximate surface area is 170 Å². The zero-order chi connectivity index (χ0) is 20.3. The van der Waals surface area contributed by atoms with Gasteiger partial charge >= 0.3 is 0 Å². The lowest BCUT2D eigenvalue weighted by atomic mass is 10.0. The first kappa shape index (κ1) is 20.2. The van der Waals surface area contributed by atoms with Gasteiger partial charge in [-0.25, -0.2) is 0 Å². The minimum Gasteiger partial charge on any atom is -0.302 e. The predicted octanol–water partition coefficient (Wildman–Crippen LogP) is 3.27. The number of ketones is 1. The van der Waals surface area contributed by atoms with E-state index in [4.69, 9.17) is 11.6 Å². The van der Waals surface area contributed by atoms with Crippen molar-refractivity contribution in [1.29, 1.82) is 0 Å². The summed E-state index contributed by atoms with van der Waals surface area (Å²) in [7, 11) is 7.90. The van der Waals surface area contributed by atoms with Crippen LogP contribution in [0.4, 0.5) is 0 Å². The number of hydrogen-bond donors (Lipinski definition) is 0. The van der Waals surface area contributed by atoms with Crippen molar-refractivity contribution in [2.75, 3.05) is 28.2 Å². The zero-order valence-corrected chi connectivity index (χ0v) is 17.3. The van der Waals surface area contributed by atoms with Gasteiger partial charge in [-0.05, 0) is 46.4 Å². The van der Waals surface area contributed by atoms with Crippen LogP contribution in [0.5, 0.6) is 0 Å². The van der Waals surface area contributed by atoms with E-state index in [1.807, 2.05) is 66.8 Å². The quantitative estimate of drug-likeness (QED) is 0.573. The van der Waals surface area contributed by atoms with Gasteiger partial charge in [0, 0.05) is 16.1 Å². The molecule has 0 saturated heterocycles. The highest BCUT2D eigenvalue weighted by Gasteiger charge is 2.21. The fourth-order valence-corrected chi connectivity index (χ4v) is 3.20. The molecule has 0 aliphatic heterocycles. The Kier molecular flexibility index (Phi) is 6.24. The molecule has 0 spiro atoms. The van der Waals surface area contributed by atoms with Crippen LogP contribution >= 0.6 is 11.6 Å². The van der Waals surface area contributed by atoms with E-state index in [1.165, 1.54) is 0 Å². The van der Waals surface area contributed by atoms with Crippen LogP contribution in [0.15, 0.2) is 48.5 Å². The number of carbonyl (C=O) groups excluding carboxylic acids is 1. The minimum atomic E-state index is -0.0848. The molecule has 0 radical (unpaired) electrons. The van der Waals surface area contributed by atoms with E-state index >= 15 is 0 Å². The third-order valence-electron chi connectivity index (χ3n) is 4.19. The van der Waals surface area contributed by atoms with Crippen molar-refractivity contribution >= 4 is 17.4 Å². The Morgan fingerprint density at radius 3 is 2.04 bits per heavy atom. The van der Waals surface area contributed by atoms with E-state index in [2.05, 4.69) is 10.2 Å². The summed E-state index contributed by atoms with van der Waals surface area (Å²) in [5.74, 6) is 1.45. The van der Waals surface area contributed by atoms with Gasteiger partial charge in [-0.3, -0.25) is 9.36 Å². The van der Waals surface area contributed by atoms with E-state index in [0.717, 1.165) is 17.3 Å². The lowest BCUT2D eigenvalue weighted by Gasteiger charge is -2.18. The lowest BCUT2D eigenvalue weighted by molar-refractivity contribution is 0.103. The summed E-state index contributed by atoms with van der Waals surface area (Å²) in [5.41, 5.74) is 1.87. The monoisotopic (exact) mass is 397 g/mol. The molecule has 0 aliphatic rings. The molecule has 0 amide bonds. The molecule has 2 aromatic carbocycles. The van der Waals surface area contributed by atoms with Crippen molar-refractivity contribution in [2.24, 2.45) is 0 Å². The Bertz CT molecular complexity index is 939. The number of benzene rings is 2. The topological polar surface area (TPSA) is 54.3 Å². The number of nitrogens with zero attached hydrogens (tertiary/aromatic N) is 5. The summed E-state index contributed by atoms with van der Waals surface area (Å²) < 4.78 is 1.96. The molecular formula is C21H24ClN5O. The van der Waals surface area contributed by atoms with E-state index in [0.29, 0.717) is 29.2 Å². The third-order valence-corrected chi connectivity index (χ3v) is 4.43. The normalized spacial score (nSPS) is 11.4. The van der Waals surface area contributed by atoms with Crippen LogP contribution in [0.2, 0.25) is 5.02 Å². The van der Waals surface area contributed by atoms with Gasteiger partial charge in [0.1, 0.15) is 0 Å². The summed E-state index contributed by atoms with van der Waals surface area (Å²) in [6.07, 6.45) is 0. The van der Waals surface area contributed by atoms with Gasteiger partial charge in [0.15, 0.2) is 17.4 Å². The van der Waals surface area contributed by atoms with Crippen LogP contribution in [-0.4, -0.2) is 58.5 Å². The summed E-state index contributed by atoms with van der Waals surface area (Å²) in [4.78, 5) is 17.3. The van der Waals surface area contributed by atoms with E-state index in [1.54, 1.807) is 24.3 Å². The molecule has 0 aliphatic carbocycles. The maximum Gasteiger partial charge on any atom is 0.195 e. The van der Waals surface area contributed by atoms with Crippen molar-refractivity contribution in [2.45, 2.75) is 13.1 Å². The first-order valence-electron chi connectivity index (χ1n) is 8.99. The molecule has 0 unspecified atom stereocenters. The van der Waals surface area contributed by atoms with Crippen molar-refractivity contribution in [3.05, 3.63) is 76.3 Å². The standard InChI is InChI=1S/C21H24ClN5O/c1-25(2)13-19-23-24-20(14-26(3)4)27(19)18-11-10-16(22)12-17(18)21(28)15-8-6-5-7-9-15/h5-12H,13-14H2,1-4H3. The van der Waals surface area contributed by atoms with Gasteiger partial charge in [0.05, 0.1) is 18.8 Å². The highest BCUT2D eigenvalue weighted by molar-refractivity contribution is 6.31. The second-order valence-electron chi connectivity index (χ2n) is 7.20. The number of halogens is 1. The molecule has 6 nitrogen and oxygen atoms in total. The number of hydrogen-bond acceptors (Lipinski definition) is 5. The molecule has 1 aromatic heterocycles. The Hall–Kier alpha value is -2.54. The van der Waals surface area contributed by atoms with Crippen LogP contribution in [-0.2, 0) is 13.1 Å². The molecular weight excluding hydrogens is 374 g/mol. The van der Waals surface area contributed by atoms with Crippen molar-refractivity contribution < 1.29 is 4.79 Å². The van der Waals surface area contributed by atoms with Gasteiger partial charge in [0.2, 0.25) is 0 Å². The van der Waals surface area contributed by atoms with Crippen LogP contribution < -0.4 is 0 Å². The van der Waals surface area contributed by atoms with Crippen LogP contribution in [0, 0.1) is 0 Å². The molecule has 28 heavy (non-hydrogen) atoms. The smallest absolute Gasteiger partial charge is 0.195 e. The van der Waals surface area contributed by atoms with Crippen molar-refractivity contribution in [1.82, 2.24) is 24.6 Å². The minimum absolute atomic E-state index is 0.0848. The maximum atomic E-state index is 13.2. The Morgan fingerprint density at radius 2 is 1.50 bits per heavy atom. The molecule has 0 fully saturated rings. The van der Waals surface area contributed by atoms with E-state index in [9.17, 15) is 4.79 Å². The van der Waals surface area contributed by atoms with Crippen molar-refractivity contribution in [3.63, 3.8) is 0 Å². The fourth-order valence-electron chi connectivity index (χ4n) is 3.03. The first-order valence-corrected chi connectivity index (χ1v) is 9.37. The number of rotatable bonds is 7. The molecule has 3 aromatic rings. The largest absolute Gasteiger partial charge is 0.302 e. The fraction of sp³-hybridized carbons (Fsp3) is 0.286. The van der Waals surface area contributed by atoms with Crippen LogP contribution in [0.25, 0.3) is 5.69 Å². The van der Waals surface area contributed by atoms with Gasteiger partial charge in [-0.15, -0.1) is 10.2 Å². The molecule has 0 bridgehead atoms. The van der Waals surface area contributed by atoms with Gasteiger partial charge in [-0.2, -0.15) is 0 Å². The van der Waals surface area contributed by atoms with Crippen molar-refractivity contribution in [3.8, 4) is 5.69 Å². The highest BCUT2D eigenvalue weighted by Crippen LogP contribution is 2.25. The second-order valence-corrected chi connectivity index (χ2v) is 7.64. The first-order chi connectivity index (χ1) is 13.4. The zero-order valence-electron chi connectivity index (χ0n) is 16.6. The Morgan fingerprint density at radius 1 is 0.929 bits per heavy atom. The third kappa shape index (κ3) is 4.47. The molecule has 1 heterocycles. The molecule has 3 rings (SSSR count). The Balaban J connectivity index is 2.18. The lowest BCUT2D eigenvalue weighted by Crippen LogP contribution is -2.20. The molecule has 0 saturated carbocycles. The van der Waals surface area contributed by atoms with E-state index in [-0.39, 0.29) is 5.78 Å². The number of aromatic nitrogens is 3. The van der Waals surface area contributed by atoms with E-state index < -0.39 is 0 Å². The summed E-state index contributed by atoms with van der Waals surface area (Å²) in [6.45, 7) is 1.20.